The van der Waals surface area contributed by atoms with Gasteiger partial charge in [0.15, 0.2) is 0 Å². The van der Waals surface area contributed by atoms with Gasteiger partial charge >= 0.3 is 11.9 Å². The standard InChI is InChI=1S/C32H49BrO6/c1-18(2)9-8-11-30(26(36)37)17-31(30)23-15-22(35)25-27(5)13-14-32(33,38)19(3)21(27)10-12-28(25,6)29(23,7)16-24(31)39-20(4)34/h9,19,21-25,35,38H,8,10-17H2,1-7H3,(H,36,37)/t19-,21-,22+,23+,24-,25?,27-,28-,29-,30+,31+,32+/m0/s1. The minimum absolute atomic E-state index is 0.0350. The Hall–Kier alpha value is -0.920. The summed E-state index contributed by atoms with van der Waals surface area (Å²) in [7, 11) is 0. The zero-order valence-electron chi connectivity index (χ0n) is 24.8. The van der Waals surface area contributed by atoms with Gasteiger partial charge in [0.1, 0.15) is 10.6 Å². The summed E-state index contributed by atoms with van der Waals surface area (Å²) < 4.78 is 5.20. The molecule has 12 atom stereocenters. The van der Waals surface area contributed by atoms with Crippen molar-refractivity contribution in [1.82, 2.24) is 0 Å². The second-order valence-corrected chi connectivity index (χ2v) is 16.5. The van der Waals surface area contributed by atoms with Gasteiger partial charge in [-0.1, -0.05) is 55.3 Å². The highest BCUT2D eigenvalue weighted by atomic mass is 79.9. The molecular formula is C32H49BrO6. The molecule has 220 valence electrons. The summed E-state index contributed by atoms with van der Waals surface area (Å²) in [6.45, 7) is 14.6. The Kier molecular flexibility index (Phi) is 6.85. The van der Waals surface area contributed by atoms with E-state index in [0.29, 0.717) is 38.5 Å². The van der Waals surface area contributed by atoms with E-state index in [4.69, 9.17) is 4.74 Å². The molecule has 1 unspecified atom stereocenters. The number of carbonyl (C=O) groups is 2. The van der Waals surface area contributed by atoms with Gasteiger partial charge in [0.2, 0.25) is 0 Å². The van der Waals surface area contributed by atoms with Crippen LogP contribution >= 0.6 is 15.9 Å². The van der Waals surface area contributed by atoms with E-state index < -0.39 is 33.5 Å². The van der Waals surface area contributed by atoms with Crippen molar-refractivity contribution in [2.24, 2.45) is 50.7 Å². The van der Waals surface area contributed by atoms with Gasteiger partial charge in [-0.2, -0.15) is 0 Å². The predicted molar refractivity (Wildman–Crippen MR) is 153 cm³/mol. The Morgan fingerprint density at radius 2 is 1.74 bits per heavy atom. The summed E-state index contributed by atoms with van der Waals surface area (Å²) in [6, 6.07) is 0. The molecule has 39 heavy (non-hydrogen) atoms. The van der Waals surface area contributed by atoms with E-state index in [1.807, 2.05) is 13.8 Å². The van der Waals surface area contributed by atoms with E-state index in [9.17, 15) is 24.9 Å². The maximum absolute atomic E-state index is 13.1. The van der Waals surface area contributed by atoms with Crippen molar-refractivity contribution < 1.29 is 29.6 Å². The fourth-order valence-electron chi connectivity index (χ4n) is 11.5. The van der Waals surface area contributed by atoms with Crippen LogP contribution in [-0.2, 0) is 14.3 Å². The van der Waals surface area contributed by atoms with Crippen molar-refractivity contribution in [3.05, 3.63) is 11.6 Å². The molecule has 1 spiro atoms. The lowest BCUT2D eigenvalue weighted by Gasteiger charge is -2.69. The first-order valence-corrected chi connectivity index (χ1v) is 15.9. The van der Waals surface area contributed by atoms with Crippen LogP contribution in [0.5, 0.6) is 0 Å². The molecule has 0 saturated heterocycles. The topological polar surface area (TPSA) is 104 Å². The number of aliphatic carboxylic acids is 1. The number of carboxylic acids is 1. The largest absolute Gasteiger partial charge is 0.481 e. The third-order valence-corrected chi connectivity index (χ3v) is 14.6. The molecule has 0 aromatic carbocycles. The summed E-state index contributed by atoms with van der Waals surface area (Å²) in [5.74, 6) is -0.795. The maximum atomic E-state index is 13.1. The Morgan fingerprint density at radius 3 is 2.33 bits per heavy atom. The van der Waals surface area contributed by atoms with Gasteiger partial charge in [0, 0.05) is 12.3 Å². The van der Waals surface area contributed by atoms with E-state index in [0.717, 1.165) is 19.3 Å². The molecule has 5 saturated carbocycles. The quantitative estimate of drug-likeness (QED) is 0.188. The van der Waals surface area contributed by atoms with Crippen LogP contribution in [0.1, 0.15) is 106 Å². The van der Waals surface area contributed by atoms with Gasteiger partial charge in [0.25, 0.3) is 0 Å². The number of hydrogen-bond acceptors (Lipinski definition) is 5. The average Bonchev–Trinajstić information content (AvgIpc) is 3.43. The Morgan fingerprint density at radius 1 is 1.08 bits per heavy atom. The van der Waals surface area contributed by atoms with Gasteiger partial charge < -0.3 is 20.1 Å². The molecule has 7 heteroatoms. The maximum Gasteiger partial charge on any atom is 0.310 e. The monoisotopic (exact) mass is 608 g/mol. The van der Waals surface area contributed by atoms with E-state index in [2.05, 4.69) is 49.7 Å². The Bertz CT molecular complexity index is 1080. The lowest BCUT2D eigenvalue weighted by Crippen LogP contribution is -2.66. The number of fused-ring (bicyclic) bond motifs is 6. The molecule has 0 aliphatic heterocycles. The second-order valence-electron chi connectivity index (χ2n) is 15.2. The van der Waals surface area contributed by atoms with Crippen LogP contribution in [0.4, 0.5) is 0 Å². The van der Waals surface area contributed by atoms with Gasteiger partial charge in [-0.05, 0) is 112 Å². The Balaban J connectivity index is 1.58. The second kappa shape index (κ2) is 9.04. The summed E-state index contributed by atoms with van der Waals surface area (Å²) in [6.07, 6.45) is 7.34. The lowest BCUT2D eigenvalue weighted by molar-refractivity contribution is -0.243. The molecule has 5 aliphatic carbocycles. The van der Waals surface area contributed by atoms with Crippen molar-refractivity contribution in [2.75, 3.05) is 0 Å². The normalized spacial score (nSPS) is 53.8. The van der Waals surface area contributed by atoms with Crippen molar-refractivity contribution in [3.63, 3.8) is 0 Å². The third kappa shape index (κ3) is 3.77. The number of hydrogen-bond donors (Lipinski definition) is 3. The molecule has 6 nitrogen and oxygen atoms in total. The molecule has 0 heterocycles. The SMILES string of the molecule is CC(=O)O[C@H]1C[C@@]2(C)[C@@H](C[C@@H](O)C3[C@]2(C)CC[C@H]2[C@H](C)[C@@](O)(Br)CC[C@]32C)[C@]12C[C@]2(CCC=C(C)C)C(=O)O. The smallest absolute Gasteiger partial charge is 0.310 e. The van der Waals surface area contributed by atoms with E-state index in [1.54, 1.807) is 0 Å². The molecule has 3 N–H and O–H groups in total. The molecule has 0 bridgehead atoms. The van der Waals surface area contributed by atoms with Crippen molar-refractivity contribution >= 4 is 27.9 Å². The number of ether oxygens (including phenoxy) is 1. The minimum Gasteiger partial charge on any atom is -0.481 e. The average molecular weight is 610 g/mol. The molecule has 5 rings (SSSR count). The highest BCUT2D eigenvalue weighted by Crippen LogP contribution is 2.85. The third-order valence-electron chi connectivity index (χ3n) is 13.5. The van der Waals surface area contributed by atoms with Crippen LogP contribution in [0.3, 0.4) is 0 Å². The number of alkyl halides is 1. The molecular weight excluding hydrogens is 560 g/mol. The highest BCUT2D eigenvalue weighted by molar-refractivity contribution is 9.10. The summed E-state index contributed by atoms with van der Waals surface area (Å²) in [5.41, 5.74) is -1.08. The fraction of sp³-hybridized carbons (Fsp3) is 0.875. The fourth-order valence-corrected chi connectivity index (χ4v) is 12.0. The van der Waals surface area contributed by atoms with Crippen molar-refractivity contribution in [1.29, 1.82) is 0 Å². The summed E-state index contributed by atoms with van der Waals surface area (Å²) in [5, 5.41) is 33.9. The zero-order valence-corrected chi connectivity index (χ0v) is 26.4. The van der Waals surface area contributed by atoms with E-state index in [-0.39, 0.29) is 45.9 Å². The number of allylic oxidation sites excluding steroid dienone is 2. The van der Waals surface area contributed by atoms with Crippen LogP contribution in [0.25, 0.3) is 0 Å². The Labute approximate surface area is 242 Å². The first kappa shape index (κ1) is 29.6. The van der Waals surface area contributed by atoms with Crippen molar-refractivity contribution in [2.45, 2.75) is 123 Å². The van der Waals surface area contributed by atoms with Gasteiger partial charge in [-0.25, -0.2) is 0 Å². The minimum atomic E-state index is -0.947. The molecule has 5 fully saturated rings. The number of aliphatic hydroxyl groups excluding tert-OH is 1. The molecule has 0 radical (unpaired) electrons. The van der Waals surface area contributed by atoms with Crippen LogP contribution < -0.4 is 0 Å². The first-order valence-electron chi connectivity index (χ1n) is 15.1. The molecule has 0 aromatic rings. The predicted octanol–water partition coefficient (Wildman–Crippen LogP) is 6.47. The lowest BCUT2D eigenvalue weighted by atomic mass is 9.36. The number of esters is 1. The van der Waals surface area contributed by atoms with Crippen LogP contribution in [0, 0.1) is 50.7 Å². The zero-order chi connectivity index (χ0) is 29.0. The van der Waals surface area contributed by atoms with Crippen molar-refractivity contribution in [3.8, 4) is 0 Å². The number of halogens is 1. The van der Waals surface area contributed by atoms with Crippen LogP contribution in [0.15, 0.2) is 11.6 Å². The molecule has 5 aliphatic rings. The van der Waals surface area contributed by atoms with Crippen LogP contribution in [0.2, 0.25) is 0 Å². The van der Waals surface area contributed by atoms with Gasteiger partial charge in [0.05, 0.1) is 11.5 Å². The van der Waals surface area contributed by atoms with Gasteiger partial charge in [-0.15, -0.1) is 0 Å². The summed E-state index contributed by atoms with van der Waals surface area (Å²) >= 11 is 3.61. The van der Waals surface area contributed by atoms with Crippen LogP contribution in [-0.4, -0.2) is 44.0 Å². The molecule has 0 aromatic heterocycles. The van der Waals surface area contributed by atoms with Gasteiger partial charge in [-0.3, -0.25) is 9.59 Å². The molecule has 0 amide bonds. The van der Waals surface area contributed by atoms with E-state index in [1.165, 1.54) is 12.5 Å². The number of aliphatic hydroxyl groups is 2. The highest BCUT2D eigenvalue weighted by Gasteiger charge is 2.86. The number of rotatable bonds is 5. The number of carbonyl (C=O) groups excluding carboxylic acids is 1. The van der Waals surface area contributed by atoms with E-state index >= 15 is 0 Å². The summed E-state index contributed by atoms with van der Waals surface area (Å²) in [4.78, 5) is 25.5. The number of carboxylic acid groups (broad SMARTS) is 1. The first-order chi connectivity index (χ1) is 17.9.